The summed E-state index contributed by atoms with van der Waals surface area (Å²) in [6, 6.07) is 6.24. The van der Waals surface area contributed by atoms with E-state index < -0.39 is 0 Å². The van der Waals surface area contributed by atoms with Gasteiger partial charge in [0.25, 0.3) is 0 Å². The van der Waals surface area contributed by atoms with Crippen molar-refractivity contribution >= 4 is 0 Å². The Bertz CT molecular complexity index is 523. The van der Waals surface area contributed by atoms with E-state index in [2.05, 4.69) is 41.0 Å². The van der Waals surface area contributed by atoms with E-state index in [1.54, 1.807) is 0 Å². The van der Waals surface area contributed by atoms with E-state index in [-0.39, 0.29) is 5.60 Å². The summed E-state index contributed by atoms with van der Waals surface area (Å²) >= 11 is 0. The number of pyridine rings is 1. The van der Waals surface area contributed by atoms with Gasteiger partial charge in [-0.1, -0.05) is 6.07 Å². The summed E-state index contributed by atoms with van der Waals surface area (Å²) < 4.78 is 12.3. The summed E-state index contributed by atoms with van der Waals surface area (Å²) in [4.78, 5) is 9.28. The number of aryl methyl sites for hydroxylation is 1. The quantitative estimate of drug-likeness (QED) is 0.844. The van der Waals surface area contributed by atoms with Crippen molar-refractivity contribution in [1.82, 2.24) is 14.8 Å². The Morgan fingerprint density at radius 3 is 3.04 bits per heavy atom. The van der Waals surface area contributed by atoms with E-state index in [9.17, 15) is 0 Å². The fourth-order valence-corrected chi connectivity index (χ4v) is 3.69. The summed E-state index contributed by atoms with van der Waals surface area (Å²) in [6.07, 6.45) is 2.53. The number of aromatic nitrogens is 1. The van der Waals surface area contributed by atoms with Gasteiger partial charge in [-0.3, -0.25) is 9.88 Å². The fraction of sp³-hybridized carbons (Fsp3) is 0.722. The molecule has 2 aliphatic heterocycles. The van der Waals surface area contributed by atoms with Gasteiger partial charge in [-0.25, -0.2) is 0 Å². The first kappa shape index (κ1) is 16.8. The lowest BCUT2D eigenvalue weighted by Crippen LogP contribution is -2.45. The first-order valence-corrected chi connectivity index (χ1v) is 8.60. The van der Waals surface area contributed by atoms with Crippen molar-refractivity contribution in [2.24, 2.45) is 0 Å². The standard InChI is InChI=1S/C18H29N3O2/c1-15-5-4-6-16(19-15)11-21-9-10-22-14-18(13-21)8-7-17(23-18)12-20(2)3/h4-6,17H,7-14H2,1-3H3/t17-,18-/m0/s1. The van der Waals surface area contributed by atoms with Gasteiger partial charge in [0.1, 0.15) is 5.60 Å². The molecule has 2 saturated heterocycles. The lowest BCUT2D eigenvalue weighted by molar-refractivity contribution is -0.0902. The topological polar surface area (TPSA) is 37.8 Å². The van der Waals surface area contributed by atoms with Crippen LogP contribution in [0.2, 0.25) is 0 Å². The van der Waals surface area contributed by atoms with Gasteiger partial charge in [0, 0.05) is 31.9 Å². The Labute approximate surface area is 139 Å². The Kier molecular flexibility index (Phi) is 5.31. The van der Waals surface area contributed by atoms with E-state index in [0.717, 1.165) is 57.0 Å². The number of hydrogen-bond donors (Lipinski definition) is 0. The van der Waals surface area contributed by atoms with Gasteiger partial charge in [0.15, 0.2) is 0 Å². The maximum absolute atomic E-state index is 6.44. The second-order valence-electron chi connectivity index (χ2n) is 7.26. The minimum absolute atomic E-state index is 0.138. The van der Waals surface area contributed by atoms with Crippen LogP contribution < -0.4 is 0 Å². The molecule has 0 unspecified atom stereocenters. The molecule has 1 aromatic rings. The molecule has 2 aliphatic rings. The summed E-state index contributed by atoms with van der Waals surface area (Å²) in [5, 5.41) is 0. The summed E-state index contributed by atoms with van der Waals surface area (Å²) in [7, 11) is 4.21. The van der Waals surface area contributed by atoms with Gasteiger partial charge in [0.05, 0.1) is 25.0 Å². The minimum atomic E-state index is -0.138. The van der Waals surface area contributed by atoms with Gasteiger partial charge in [0.2, 0.25) is 0 Å². The maximum Gasteiger partial charge on any atom is 0.105 e. The molecular formula is C18H29N3O2. The molecule has 1 spiro atoms. The molecule has 3 heterocycles. The Morgan fingerprint density at radius 2 is 2.26 bits per heavy atom. The highest BCUT2D eigenvalue weighted by Crippen LogP contribution is 2.33. The molecule has 3 rings (SSSR count). The lowest BCUT2D eigenvalue weighted by atomic mass is 10.00. The molecule has 5 nitrogen and oxygen atoms in total. The van der Waals surface area contributed by atoms with Crippen LogP contribution in [0, 0.1) is 6.92 Å². The van der Waals surface area contributed by atoms with Crippen LogP contribution in [0.4, 0.5) is 0 Å². The second-order valence-corrected chi connectivity index (χ2v) is 7.26. The van der Waals surface area contributed by atoms with E-state index >= 15 is 0 Å². The third-order valence-electron chi connectivity index (χ3n) is 4.67. The fourth-order valence-electron chi connectivity index (χ4n) is 3.69. The Morgan fingerprint density at radius 1 is 1.39 bits per heavy atom. The van der Waals surface area contributed by atoms with Crippen molar-refractivity contribution in [2.45, 2.75) is 38.0 Å². The average Bonchev–Trinajstić information content (AvgIpc) is 2.74. The molecule has 2 atom stereocenters. The van der Waals surface area contributed by atoms with Gasteiger partial charge >= 0.3 is 0 Å². The maximum atomic E-state index is 6.44. The van der Waals surface area contributed by atoms with Crippen molar-refractivity contribution in [3.63, 3.8) is 0 Å². The summed E-state index contributed by atoms with van der Waals surface area (Å²) in [5.74, 6) is 0. The first-order chi connectivity index (χ1) is 11.0. The normalized spacial score (nSPS) is 29.3. The number of hydrogen-bond acceptors (Lipinski definition) is 5. The molecule has 5 heteroatoms. The van der Waals surface area contributed by atoms with Crippen LogP contribution in [0.15, 0.2) is 18.2 Å². The van der Waals surface area contributed by atoms with Crippen LogP contribution in [0.25, 0.3) is 0 Å². The number of nitrogens with zero attached hydrogens (tertiary/aromatic N) is 3. The summed E-state index contributed by atoms with van der Waals surface area (Å²) in [6.45, 7) is 7.27. The van der Waals surface area contributed by atoms with Gasteiger partial charge < -0.3 is 14.4 Å². The zero-order valence-corrected chi connectivity index (χ0v) is 14.6. The van der Waals surface area contributed by atoms with E-state index in [1.165, 1.54) is 0 Å². The zero-order chi connectivity index (χ0) is 16.3. The molecule has 0 N–H and O–H groups in total. The highest BCUT2D eigenvalue weighted by Gasteiger charge is 2.43. The number of likely N-dealkylation sites (N-methyl/N-ethyl adjacent to an activating group) is 1. The third kappa shape index (κ3) is 4.51. The van der Waals surface area contributed by atoms with Crippen LogP contribution in [-0.2, 0) is 16.0 Å². The highest BCUT2D eigenvalue weighted by molar-refractivity contribution is 5.10. The van der Waals surface area contributed by atoms with Crippen LogP contribution in [0.1, 0.15) is 24.2 Å². The van der Waals surface area contributed by atoms with Crippen molar-refractivity contribution < 1.29 is 9.47 Å². The van der Waals surface area contributed by atoms with E-state index in [4.69, 9.17) is 9.47 Å². The summed E-state index contributed by atoms with van der Waals surface area (Å²) in [5.41, 5.74) is 2.07. The number of ether oxygens (including phenoxy) is 2. The van der Waals surface area contributed by atoms with Crippen molar-refractivity contribution in [2.75, 3.05) is 46.9 Å². The average molecular weight is 319 g/mol. The third-order valence-corrected chi connectivity index (χ3v) is 4.67. The molecule has 23 heavy (non-hydrogen) atoms. The molecule has 0 aliphatic carbocycles. The smallest absolute Gasteiger partial charge is 0.105 e. The van der Waals surface area contributed by atoms with E-state index in [1.807, 2.05) is 13.0 Å². The Balaban J connectivity index is 1.64. The zero-order valence-electron chi connectivity index (χ0n) is 14.6. The molecule has 0 radical (unpaired) electrons. The van der Waals surface area contributed by atoms with E-state index in [0.29, 0.717) is 12.7 Å². The number of rotatable bonds is 4. The molecule has 1 aromatic heterocycles. The van der Waals surface area contributed by atoms with Gasteiger partial charge in [-0.15, -0.1) is 0 Å². The molecule has 0 bridgehead atoms. The van der Waals surface area contributed by atoms with Gasteiger partial charge in [-0.2, -0.15) is 0 Å². The monoisotopic (exact) mass is 319 g/mol. The minimum Gasteiger partial charge on any atom is -0.377 e. The molecular weight excluding hydrogens is 290 g/mol. The van der Waals surface area contributed by atoms with Crippen molar-refractivity contribution in [1.29, 1.82) is 0 Å². The Hall–Kier alpha value is -1.01. The lowest BCUT2D eigenvalue weighted by Gasteiger charge is -2.32. The molecule has 0 aromatic carbocycles. The predicted molar refractivity (Wildman–Crippen MR) is 90.5 cm³/mol. The van der Waals surface area contributed by atoms with Crippen molar-refractivity contribution in [3.05, 3.63) is 29.6 Å². The SMILES string of the molecule is Cc1cccc(CN2CCOC[C@]3(CC[C@@H](CN(C)C)O3)C2)n1. The molecule has 0 saturated carbocycles. The largest absolute Gasteiger partial charge is 0.377 e. The predicted octanol–water partition coefficient (Wildman–Crippen LogP) is 1.70. The first-order valence-electron chi connectivity index (χ1n) is 8.60. The molecule has 0 amide bonds. The van der Waals surface area contributed by atoms with Crippen LogP contribution in [-0.4, -0.2) is 73.4 Å². The van der Waals surface area contributed by atoms with Crippen LogP contribution in [0.5, 0.6) is 0 Å². The van der Waals surface area contributed by atoms with Crippen molar-refractivity contribution in [3.8, 4) is 0 Å². The highest BCUT2D eigenvalue weighted by atomic mass is 16.6. The molecule has 128 valence electrons. The van der Waals surface area contributed by atoms with Crippen LogP contribution in [0.3, 0.4) is 0 Å². The van der Waals surface area contributed by atoms with Gasteiger partial charge in [-0.05, 0) is 46.0 Å². The second kappa shape index (κ2) is 7.26. The van der Waals surface area contributed by atoms with Crippen LogP contribution >= 0.6 is 0 Å². The molecule has 2 fully saturated rings.